The number of aryl methyl sites for hydroxylation is 1. The summed E-state index contributed by atoms with van der Waals surface area (Å²) in [7, 11) is 0. The van der Waals surface area contributed by atoms with Crippen molar-refractivity contribution in [2.24, 2.45) is 11.8 Å². The number of halogens is 1. The molecule has 2 heterocycles. The molecule has 2 atom stereocenters. The van der Waals surface area contributed by atoms with Gasteiger partial charge in [-0.1, -0.05) is 18.0 Å². The summed E-state index contributed by atoms with van der Waals surface area (Å²) in [6.45, 7) is 3.69. The highest BCUT2D eigenvalue weighted by Crippen LogP contribution is 2.34. The quantitative estimate of drug-likeness (QED) is 0.739. The second kappa shape index (κ2) is 5.12. The SMILES string of the molecule is Cc1cc(C(=O)N2CC3CCCC(C3)C2)cc(Cl)n1. The fraction of sp³-hybridized carbons (Fsp3) is 0.600. The van der Waals surface area contributed by atoms with E-state index in [0.717, 1.165) is 18.8 Å². The molecule has 0 aromatic carbocycles. The summed E-state index contributed by atoms with van der Waals surface area (Å²) >= 11 is 5.95. The van der Waals surface area contributed by atoms with Crippen LogP contribution in [0.25, 0.3) is 0 Å². The summed E-state index contributed by atoms with van der Waals surface area (Å²) < 4.78 is 0. The predicted octanol–water partition coefficient (Wildman–Crippen LogP) is 3.31. The fourth-order valence-corrected chi connectivity index (χ4v) is 3.78. The second-order valence-corrected chi connectivity index (χ2v) is 6.32. The first-order valence-electron chi connectivity index (χ1n) is 7.05. The molecule has 2 unspecified atom stereocenters. The molecule has 2 bridgehead atoms. The van der Waals surface area contributed by atoms with Gasteiger partial charge < -0.3 is 4.90 Å². The third kappa shape index (κ3) is 2.76. The van der Waals surface area contributed by atoms with Gasteiger partial charge in [-0.15, -0.1) is 0 Å². The predicted molar refractivity (Wildman–Crippen MR) is 75.3 cm³/mol. The molecule has 19 heavy (non-hydrogen) atoms. The van der Waals surface area contributed by atoms with Crippen molar-refractivity contribution in [3.63, 3.8) is 0 Å². The van der Waals surface area contributed by atoms with Gasteiger partial charge in [-0.2, -0.15) is 0 Å². The summed E-state index contributed by atoms with van der Waals surface area (Å²) in [6, 6.07) is 3.51. The number of hydrogen-bond donors (Lipinski definition) is 0. The highest BCUT2D eigenvalue weighted by molar-refractivity contribution is 6.29. The van der Waals surface area contributed by atoms with E-state index in [-0.39, 0.29) is 5.91 Å². The van der Waals surface area contributed by atoms with Crippen molar-refractivity contribution >= 4 is 17.5 Å². The zero-order chi connectivity index (χ0) is 13.4. The topological polar surface area (TPSA) is 33.2 Å². The highest BCUT2D eigenvalue weighted by atomic mass is 35.5. The molecule has 1 aliphatic carbocycles. The normalized spacial score (nSPS) is 26.3. The number of piperidine rings is 1. The molecule has 3 rings (SSSR count). The van der Waals surface area contributed by atoms with Crippen LogP contribution in [0.1, 0.15) is 41.7 Å². The number of fused-ring (bicyclic) bond motifs is 2. The van der Waals surface area contributed by atoms with Crippen LogP contribution in [0.4, 0.5) is 0 Å². The summed E-state index contributed by atoms with van der Waals surface area (Å²) in [6.07, 6.45) is 5.18. The van der Waals surface area contributed by atoms with E-state index < -0.39 is 0 Å². The van der Waals surface area contributed by atoms with Crippen molar-refractivity contribution in [3.05, 3.63) is 28.5 Å². The van der Waals surface area contributed by atoms with Gasteiger partial charge in [0.1, 0.15) is 5.15 Å². The lowest BCUT2D eigenvalue weighted by Gasteiger charge is -2.41. The molecule has 2 aliphatic rings. The molecule has 1 saturated heterocycles. The van der Waals surface area contributed by atoms with Crippen molar-refractivity contribution in [3.8, 4) is 0 Å². The minimum Gasteiger partial charge on any atom is -0.338 e. The summed E-state index contributed by atoms with van der Waals surface area (Å²) in [5.74, 6) is 1.52. The smallest absolute Gasteiger partial charge is 0.254 e. The molecule has 1 amide bonds. The molecular weight excluding hydrogens is 260 g/mol. The van der Waals surface area contributed by atoms with Crippen LogP contribution in [0.3, 0.4) is 0 Å². The van der Waals surface area contributed by atoms with E-state index >= 15 is 0 Å². The number of amides is 1. The summed E-state index contributed by atoms with van der Waals surface area (Å²) in [5, 5.41) is 0.403. The maximum Gasteiger partial charge on any atom is 0.254 e. The standard InChI is InChI=1S/C15H19ClN2O/c1-10-5-13(7-14(16)17-10)15(19)18-8-11-3-2-4-12(6-11)9-18/h5,7,11-12H,2-4,6,8-9H2,1H3. The lowest BCUT2D eigenvalue weighted by Crippen LogP contribution is -2.45. The van der Waals surface area contributed by atoms with Crippen molar-refractivity contribution in [2.45, 2.75) is 32.6 Å². The first-order valence-corrected chi connectivity index (χ1v) is 7.43. The van der Waals surface area contributed by atoms with Crippen LogP contribution in [0.15, 0.2) is 12.1 Å². The summed E-state index contributed by atoms with van der Waals surface area (Å²) in [4.78, 5) is 18.7. The zero-order valence-electron chi connectivity index (χ0n) is 11.2. The highest BCUT2D eigenvalue weighted by Gasteiger charge is 2.33. The number of rotatable bonds is 1. The van der Waals surface area contributed by atoms with E-state index in [1.54, 1.807) is 6.07 Å². The van der Waals surface area contributed by atoms with Gasteiger partial charge in [-0.3, -0.25) is 4.79 Å². The lowest BCUT2D eigenvalue weighted by molar-refractivity contribution is 0.0504. The first-order chi connectivity index (χ1) is 9.11. The Kier molecular flexibility index (Phi) is 3.48. The molecule has 4 heteroatoms. The number of nitrogens with zero attached hydrogens (tertiary/aromatic N) is 2. The Bertz CT molecular complexity index is 471. The van der Waals surface area contributed by atoms with Gasteiger partial charge in [-0.05, 0) is 50.2 Å². The number of carbonyl (C=O) groups is 1. The maximum atomic E-state index is 12.6. The van der Waals surface area contributed by atoms with Crippen LogP contribution in [-0.2, 0) is 0 Å². The molecule has 102 valence electrons. The third-order valence-corrected chi connectivity index (χ3v) is 4.50. The Labute approximate surface area is 119 Å². The largest absolute Gasteiger partial charge is 0.338 e. The van der Waals surface area contributed by atoms with Gasteiger partial charge >= 0.3 is 0 Å². The Morgan fingerprint density at radius 3 is 2.63 bits per heavy atom. The van der Waals surface area contributed by atoms with E-state index in [4.69, 9.17) is 11.6 Å². The lowest BCUT2D eigenvalue weighted by atomic mass is 9.78. The van der Waals surface area contributed by atoms with Gasteiger partial charge in [0.25, 0.3) is 5.91 Å². The third-order valence-electron chi connectivity index (χ3n) is 4.30. The maximum absolute atomic E-state index is 12.6. The number of aromatic nitrogens is 1. The van der Waals surface area contributed by atoms with Gasteiger partial charge in [0, 0.05) is 24.3 Å². The van der Waals surface area contributed by atoms with Gasteiger partial charge in [0.15, 0.2) is 0 Å². The van der Waals surface area contributed by atoms with Gasteiger partial charge in [0.05, 0.1) is 0 Å². The summed E-state index contributed by atoms with van der Waals surface area (Å²) in [5.41, 5.74) is 1.48. The Balaban J connectivity index is 1.79. The van der Waals surface area contributed by atoms with Crippen LogP contribution in [0, 0.1) is 18.8 Å². The van der Waals surface area contributed by atoms with Crippen molar-refractivity contribution < 1.29 is 4.79 Å². The minimum absolute atomic E-state index is 0.115. The molecule has 0 radical (unpaired) electrons. The van der Waals surface area contributed by atoms with E-state index in [0.29, 0.717) is 22.6 Å². The zero-order valence-corrected chi connectivity index (χ0v) is 12.0. The number of likely N-dealkylation sites (tertiary alicyclic amines) is 1. The molecule has 1 aromatic heterocycles. The fourth-order valence-electron chi connectivity index (χ4n) is 3.53. The van der Waals surface area contributed by atoms with Crippen molar-refractivity contribution in [1.82, 2.24) is 9.88 Å². The van der Waals surface area contributed by atoms with Crippen LogP contribution in [0.2, 0.25) is 5.15 Å². The number of carbonyl (C=O) groups excluding carboxylic acids is 1. The Morgan fingerprint density at radius 1 is 1.32 bits per heavy atom. The molecule has 0 N–H and O–H groups in total. The molecule has 2 fully saturated rings. The average Bonchev–Trinajstić information content (AvgIpc) is 2.36. The number of hydrogen-bond acceptors (Lipinski definition) is 2. The van der Waals surface area contributed by atoms with Crippen molar-refractivity contribution in [2.75, 3.05) is 13.1 Å². The van der Waals surface area contributed by atoms with E-state index in [1.807, 2.05) is 17.9 Å². The van der Waals surface area contributed by atoms with Crippen LogP contribution >= 0.6 is 11.6 Å². The van der Waals surface area contributed by atoms with Crippen LogP contribution in [0.5, 0.6) is 0 Å². The van der Waals surface area contributed by atoms with Crippen LogP contribution < -0.4 is 0 Å². The minimum atomic E-state index is 0.115. The monoisotopic (exact) mass is 278 g/mol. The Hall–Kier alpha value is -1.09. The van der Waals surface area contributed by atoms with E-state index in [1.165, 1.54) is 25.7 Å². The second-order valence-electron chi connectivity index (χ2n) is 5.93. The van der Waals surface area contributed by atoms with Gasteiger partial charge in [0.2, 0.25) is 0 Å². The van der Waals surface area contributed by atoms with Gasteiger partial charge in [-0.25, -0.2) is 4.98 Å². The average molecular weight is 279 g/mol. The van der Waals surface area contributed by atoms with E-state index in [2.05, 4.69) is 4.98 Å². The molecule has 1 aromatic rings. The molecule has 1 saturated carbocycles. The molecule has 1 aliphatic heterocycles. The Morgan fingerprint density at radius 2 is 2.00 bits per heavy atom. The van der Waals surface area contributed by atoms with Crippen LogP contribution in [-0.4, -0.2) is 28.9 Å². The van der Waals surface area contributed by atoms with Crippen molar-refractivity contribution in [1.29, 1.82) is 0 Å². The number of pyridine rings is 1. The van der Waals surface area contributed by atoms with E-state index in [9.17, 15) is 4.79 Å². The molecular formula is C15H19ClN2O. The first kappa shape index (κ1) is 12.9. The molecule has 0 spiro atoms. The molecule has 3 nitrogen and oxygen atoms in total.